The third-order valence-corrected chi connectivity index (χ3v) is 5.44. The summed E-state index contributed by atoms with van der Waals surface area (Å²) >= 11 is 3.56. The van der Waals surface area contributed by atoms with Crippen LogP contribution in [0.3, 0.4) is 0 Å². The van der Waals surface area contributed by atoms with E-state index in [1.807, 2.05) is 18.7 Å². The number of rotatable bonds is 4. The molecule has 0 spiro atoms. The maximum absolute atomic E-state index is 12.1. The van der Waals surface area contributed by atoms with Crippen LogP contribution in [0.2, 0.25) is 0 Å². The Morgan fingerprint density at radius 2 is 2.44 bits per heavy atom. The van der Waals surface area contributed by atoms with Gasteiger partial charge in [-0.05, 0) is 6.42 Å². The maximum atomic E-state index is 12.1. The Morgan fingerprint density at radius 1 is 1.61 bits per heavy atom. The molecule has 1 aromatic heterocycles. The van der Waals surface area contributed by atoms with Crippen LogP contribution < -0.4 is 5.32 Å². The Bertz CT molecular complexity index is 405. The van der Waals surface area contributed by atoms with Crippen LogP contribution >= 0.6 is 23.5 Å². The van der Waals surface area contributed by atoms with Crippen molar-refractivity contribution in [3.05, 3.63) is 11.7 Å². The monoisotopic (exact) mass is 287 g/mol. The van der Waals surface area contributed by atoms with Crippen molar-refractivity contribution in [2.75, 3.05) is 17.3 Å². The first kappa shape index (κ1) is 13.7. The molecular weight excluding hydrogens is 270 g/mol. The molecule has 2 atom stereocenters. The van der Waals surface area contributed by atoms with Gasteiger partial charge in [0.25, 0.3) is 0 Å². The Morgan fingerprint density at radius 3 is 3.00 bits per heavy atom. The molecule has 1 amide bonds. The average Bonchev–Trinajstić information content (AvgIpc) is 2.83. The van der Waals surface area contributed by atoms with Gasteiger partial charge in [-0.15, -0.1) is 11.8 Å². The number of carbonyl (C=O) groups excluding carboxylic acids is 1. The molecule has 5 nitrogen and oxygen atoms in total. The SMILES string of the molecule is CC[C@H](NC(=O)[C@H]1CSCCS1)c1noc(C)n1. The maximum Gasteiger partial charge on any atom is 0.234 e. The van der Waals surface area contributed by atoms with Gasteiger partial charge in [-0.25, -0.2) is 0 Å². The lowest BCUT2D eigenvalue weighted by molar-refractivity contribution is -0.121. The highest BCUT2D eigenvalue weighted by atomic mass is 32.2. The van der Waals surface area contributed by atoms with Crippen LogP contribution in [0.4, 0.5) is 0 Å². The second kappa shape index (κ2) is 6.47. The Hall–Kier alpha value is -0.690. The van der Waals surface area contributed by atoms with Crippen molar-refractivity contribution in [2.45, 2.75) is 31.6 Å². The first-order chi connectivity index (χ1) is 8.70. The second-order valence-corrected chi connectivity index (χ2v) is 6.54. The topological polar surface area (TPSA) is 68.0 Å². The molecule has 1 N–H and O–H groups in total. The zero-order chi connectivity index (χ0) is 13.0. The number of hydrogen-bond acceptors (Lipinski definition) is 6. The molecule has 0 bridgehead atoms. The van der Waals surface area contributed by atoms with Crippen molar-refractivity contribution in [2.24, 2.45) is 0 Å². The van der Waals surface area contributed by atoms with Crippen LogP contribution in [0.1, 0.15) is 31.1 Å². The summed E-state index contributed by atoms with van der Waals surface area (Å²) in [4.78, 5) is 16.3. The van der Waals surface area contributed by atoms with E-state index in [2.05, 4.69) is 15.5 Å². The summed E-state index contributed by atoms with van der Waals surface area (Å²) in [6.45, 7) is 3.75. The molecule has 0 unspecified atom stereocenters. The van der Waals surface area contributed by atoms with Gasteiger partial charge in [0.2, 0.25) is 11.8 Å². The molecule has 1 fully saturated rings. The number of aromatic nitrogens is 2. The summed E-state index contributed by atoms with van der Waals surface area (Å²) < 4.78 is 4.95. The predicted molar refractivity (Wildman–Crippen MR) is 73.8 cm³/mol. The summed E-state index contributed by atoms with van der Waals surface area (Å²) in [5.74, 6) is 4.24. The second-order valence-electron chi connectivity index (χ2n) is 4.08. The molecule has 0 aromatic carbocycles. The Kier molecular flexibility index (Phi) is 4.94. The average molecular weight is 287 g/mol. The minimum Gasteiger partial charge on any atom is -0.345 e. The van der Waals surface area contributed by atoms with Crippen LogP contribution in [0.25, 0.3) is 0 Å². The van der Waals surface area contributed by atoms with E-state index >= 15 is 0 Å². The smallest absolute Gasteiger partial charge is 0.234 e. The highest BCUT2D eigenvalue weighted by Gasteiger charge is 2.25. The van der Waals surface area contributed by atoms with Gasteiger partial charge in [0.15, 0.2) is 5.82 Å². The Labute approximate surface area is 115 Å². The summed E-state index contributed by atoms with van der Waals surface area (Å²) in [5.41, 5.74) is 0. The molecule has 1 aromatic rings. The highest BCUT2D eigenvalue weighted by Crippen LogP contribution is 2.25. The van der Waals surface area contributed by atoms with Crippen LogP contribution in [0.15, 0.2) is 4.52 Å². The van der Waals surface area contributed by atoms with Gasteiger partial charge >= 0.3 is 0 Å². The molecule has 1 saturated heterocycles. The zero-order valence-corrected chi connectivity index (χ0v) is 12.1. The Balaban J connectivity index is 1.95. The molecular formula is C11H17N3O2S2. The van der Waals surface area contributed by atoms with Gasteiger partial charge < -0.3 is 9.84 Å². The van der Waals surface area contributed by atoms with Gasteiger partial charge in [-0.1, -0.05) is 12.1 Å². The quantitative estimate of drug-likeness (QED) is 0.910. The fourth-order valence-electron chi connectivity index (χ4n) is 1.71. The summed E-state index contributed by atoms with van der Waals surface area (Å²) in [6, 6.07) is -0.150. The van der Waals surface area contributed by atoms with Crippen molar-refractivity contribution in [1.29, 1.82) is 0 Å². The van der Waals surface area contributed by atoms with Crippen LogP contribution in [0.5, 0.6) is 0 Å². The first-order valence-electron chi connectivity index (χ1n) is 6.00. The van der Waals surface area contributed by atoms with Crippen LogP contribution in [-0.4, -0.2) is 38.6 Å². The van der Waals surface area contributed by atoms with Crippen molar-refractivity contribution < 1.29 is 9.32 Å². The van der Waals surface area contributed by atoms with Gasteiger partial charge in [0.05, 0.1) is 11.3 Å². The van der Waals surface area contributed by atoms with Gasteiger partial charge in [0, 0.05) is 24.2 Å². The summed E-state index contributed by atoms with van der Waals surface area (Å²) in [6.07, 6.45) is 0.759. The first-order valence-corrected chi connectivity index (χ1v) is 8.21. The molecule has 2 heterocycles. The number of carbonyl (C=O) groups is 1. The van der Waals surface area contributed by atoms with E-state index in [0.29, 0.717) is 11.7 Å². The van der Waals surface area contributed by atoms with E-state index in [9.17, 15) is 4.79 Å². The van der Waals surface area contributed by atoms with Crippen LogP contribution in [0, 0.1) is 6.92 Å². The molecule has 18 heavy (non-hydrogen) atoms. The molecule has 0 radical (unpaired) electrons. The van der Waals surface area contributed by atoms with Crippen LogP contribution in [-0.2, 0) is 4.79 Å². The molecule has 7 heteroatoms. The fourth-order valence-corrected chi connectivity index (χ4v) is 4.28. The van der Waals surface area contributed by atoms with Gasteiger partial charge in [0.1, 0.15) is 0 Å². The van der Waals surface area contributed by atoms with E-state index in [1.165, 1.54) is 0 Å². The number of nitrogens with one attached hydrogen (secondary N) is 1. The summed E-state index contributed by atoms with van der Waals surface area (Å²) in [5, 5.41) is 6.93. The normalized spacial score (nSPS) is 21.6. The van der Waals surface area contributed by atoms with E-state index < -0.39 is 0 Å². The molecule has 0 aliphatic carbocycles. The third-order valence-electron chi connectivity index (χ3n) is 2.69. The van der Waals surface area contributed by atoms with E-state index in [4.69, 9.17) is 4.52 Å². The number of hydrogen-bond donors (Lipinski definition) is 1. The highest BCUT2D eigenvalue weighted by molar-refractivity contribution is 8.07. The van der Waals surface area contributed by atoms with E-state index in [0.717, 1.165) is 23.7 Å². The molecule has 1 aliphatic rings. The standard InChI is InChI=1S/C11H17N3O2S2/c1-3-8(10-12-7(2)16-14-10)13-11(15)9-6-17-4-5-18-9/h8-9H,3-6H2,1-2H3,(H,13,15)/t8-,9+/m0/s1. The predicted octanol–water partition coefficient (Wildman–Crippen LogP) is 1.79. The minimum atomic E-state index is -0.150. The van der Waals surface area contributed by atoms with E-state index in [1.54, 1.807) is 18.7 Å². The minimum absolute atomic E-state index is 0.0470. The molecule has 1 aliphatic heterocycles. The molecule has 100 valence electrons. The number of nitrogens with zero attached hydrogens (tertiary/aromatic N) is 2. The van der Waals surface area contributed by atoms with Crippen molar-refractivity contribution in [1.82, 2.24) is 15.5 Å². The number of aryl methyl sites for hydroxylation is 1. The fraction of sp³-hybridized carbons (Fsp3) is 0.727. The van der Waals surface area contributed by atoms with Gasteiger partial charge in [-0.2, -0.15) is 16.7 Å². The van der Waals surface area contributed by atoms with Crippen molar-refractivity contribution in [3.63, 3.8) is 0 Å². The van der Waals surface area contributed by atoms with Crippen molar-refractivity contribution in [3.8, 4) is 0 Å². The lowest BCUT2D eigenvalue weighted by Gasteiger charge is -2.22. The van der Waals surface area contributed by atoms with Gasteiger partial charge in [-0.3, -0.25) is 4.79 Å². The van der Waals surface area contributed by atoms with E-state index in [-0.39, 0.29) is 17.2 Å². The lowest BCUT2D eigenvalue weighted by atomic mass is 10.2. The number of thioether (sulfide) groups is 2. The molecule has 2 rings (SSSR count). The summed E-state index contributed by atoms with van der Waals surface area (Å²) in [7, 11) is 0. The van der Waals surface area contributed by atoms with Crippen molar-refractivity contribution >= 4 is 29.4 Å². The third kappa shape index (κ3) is 3.41. The largest absolute Gasteiger partial charge is 0.345 e. The zero-order valence-electron chi connectivity index (χ0n) is 10.5. The lowest BCUT2D eigenvalue weighted by Crippen LogP contribution is -2.38. The number of amides is 1. The molecule has 0 saturated carbocycles.